The van der Waals surface area contributed by atoms with Crippen molar-refractivity contribution in [2.24, 2.45) is 0 Å². The molecule has 2 aromatic carbocycles. The van der Waals surface area contributed by atoms with Gasteiger partial charge in [-0.15, -0.1) is 0 Å². The normalized spacial score (nSPS) is 11.3. The molecule has 1 N–H and O–H groups in total. The van der Waals surface area contributed by atoms with Crippen LogP contribution in [-0.4, -0.2) is 12.5 Å². The smallest absolute Gasteiger partial charge is 0.258 e. The minimum atomic E-state index is -0.239. The van der Waals surface area contributed by atoms with Crippen LogP contribution in [0.25, 0.3) is 0 Å². The molecule has 1 amide bonds. The van der Waals surface area contributed by atoms with Crippen LogP contribution in [0.3, 0.4) is 0 Å². The van der Waals surface area contributed by atoms with Gasteiger partial charge in [0, 0.05) is 0 Å². The standard InChI is InChI=1S/C17H15ClN2O2/c1-12(14-5-3-2-4-6-14)20-17(21)11-22-16-8-7-13(10-19)9-15(16)18/h2-9,12H,11H2,1H3,(H,20,21)/t12-/m0/s1. The number of ether oxygens (including phenoxy) is 1. The lowest BCUT2D eigenvalue weighted by atomic mass is 10.1. The van der Waals surface area contributed by atoms with E-state index in [1.54, 1.807) is 12.1 Å². The molecule has 0 bridgehead atoms. The number of benzene rings is 2. The van der Waals surface area contributed by atoms with Gasteiger partial charge in [0.25, 0.3) is 5.91 Å². The summed E-state index contributed by atoms with van der Waals surface area (Å²) >= 11 is 5.99. The van der Waals surface area contributed by atoms with E-state index in [1.807, 2.05) is 43.3 Å². The molecule has 2 rings (SSSR count). The first-order valence-corrected chi connectivity index (χ1v) is 7.14. The molecule has 2 aromatic rings. The number of rotatable bonds is 5. The molecule has 1 atom stereocenters. The molecule has 112 valence electrons. The Morgan fingerprint density at radius 3 is 2.68 bits per heavy atom. The largest absolute Gasteiger partial charge is 0.482 e. The van der Waals surface area contributed by atoms with Gasteiger partial charge in [-0.3, -0.25) is 4.79 Å². The number of hydrogen-bond donors (Lipinski definition) is 1. The summed E-state index contributed by atoms with van der Waals surface area (Å²) in [4.78, 5) is 11.9. The number of amides is 1. The fourth-order valence-electron chi connectivity index (χ4n) is 1.94. The molecular formula is C17H15ClN2O2. The quantitative estimate of drug-likeness (QED) is 0.919. The molecule has 0 aromatic heterocycles. The summed E-state index contributed by atoms with van der Waals surface area (Å²) in [6, 6.07) is 16.2. The molecule has 0 heterocycles. The first kappa shape index (κ1) is 15.9. The molecule has 0 aliphatic rings. The van der Waals surface area contributed by atoms with Crippen LogP contribution < -0.4 is 10.1 Å². The van der Waals surface area contributed by atoms with E-state index >= 15 is 0 Å². The lowest BCUT2D eigenvalue weighted by molar-refractivity contribution is -0.123. The van der Waals surface area contributed by atoms with Crippen molar-refractivity contribution in [3.63, 3.8) is 0 Å². The summed E-state index contributed by atoms with van der Waals surface area (Å²) in [5.74, 6) is 0.139. The number of nitrogens with one attached hydrogen (secondary N) is 1. The summed E-state index contributed by atoms with van der Waals surface area (Å²) in [6.07, 6.45) is 0. The van der Waals surface area contributed by atoms with E-state index < -0.39 is 0 Å². The third-order valence-electron chi connectivity index (χ3n) is 3.10. The predicted molar refractivity (Wildman–Crippen MR) is 84.7 cm³/mol. The zero-order chi connectivity index (χ0) is 15.9. The minimum Gasteiger partial charge on any atom is -0.482 e. The van der Waals surface area contributed by atoms with E-state index in [9.17, 15) is 4.79 Å². The van der Waals surface area contributed by atoms with E-state index in [2.05, 4.69) is 5.32 Å². The molecule has 0 saturated heterocycles. The van der Waals surface area contributed by atoms with Crippen molar-refractivity contribution in [1.82, 2.24) is 5.32 Å². The Morgan fingerprint density at radius 1 is 1.32 bits per heavy atom. The topological polar surface area (TPSA) is 62.1 Å². The van der Waals surface area contributed by atoms with Gasteiger partial charge in [-0.05, 0) is 30.7 Å². The monoisotopic (exact) mass is 314 g/mol. The second kappa shape index (κ2) is 7.48. The molecular weight excluding hydrogens is 300 g/mol. The summed E-state index contributed by atoms with van der Waals surface area (Å²) in [6.45, 7) is 1.77. The van der Waals surface area contributed by atoms with Gasteiger partial charge in [0.2, 0.25) is 0 Å². The van der Waals surface area contributed by atoms with Crippen LogP contribution in [0.2, 0.25) is 5.02 Å². The number of halogens is 1. The van der Waals surface area contributed by atoms with E-state index in [4.69, 9.17) is 21.6 Å². The zero-order valence-corrected chi connectivity index (χ0v) is 12.8. The van der Waals surface area contributed by atoms with Crippen molar-refractivity contribution in [3.8, 4) is 11.8 Å². The Labute approximate surface area is 134 Å². The number of hydrogen-bond acceptors (Lipinski definition) is 3. The second-order valence-corrected chi connectivity index (χ2v) is 5.15. The Balaban J connectivity index is 1.89. The van der Waals surface area contributed by atoms with E-state index in [0.717, 1.165) is 5.56 Å². The van der Waals surface area contributed by atoms with Crippen molar-refractivity contribution in [2.75, 3.05) is 6.61 Å². The SMILES string of the molecule is C[C@H](NC(=O)COc1ccc(C#N)cc1Cl)c1ccccc1. The maximum absolute atomic E-state index is 11.9. The highest BCUT2D eigenvalue weighted by Gasteiger charge is 2.11. The Bertz CT molecular complexity index is 696. The van der Waals surface area contributed by atoms with Gasteiger partial charge in [-0.25, -0.2) is 0 Å². The molecule has 0 aliphatic heterocycles. The number of nitrogens with zero attached hydrogens (tertiary/aromatic N) is 1. The van der Waals surface area contributed by atoms with Gasteiger partial charge in [0.15, 0.2) is 6.61 Å². The lowest BCUT2D eigenvalue weighted by Crippen LogP contribution is -2.31. The van der Waals surface area contributed by atoms with Gasteiger partial charge in [0.05, 0.1) is 22.7 Å². The Hall–Kier alpha value is -2.51. The Morgan fingerprint density at radius 2 is 2.05 bits per heavy atom. The van der Waals surface area contributed by atoms with Crippen LogP contribution in [0.15, 0.2) is 48.5 Å². The van der Waals surface area contributed by atoms with Crippen LogP contribution in [0, 0.1) is 11.3 Å². The van der Waals surface area contributed by atoms with E-state index in [0.29, 0.717) is 16.3 Å². The van der Waals surface area contributed by atoms with Gasteiger partial charge in [0.1, 0.15) is 5.75 Å². The third-order valence-corrected chi connectivity index (χ3v) is 3.39. The van der Waals surface area contributed by atoms with E-state index in [-0.39, 0.29) is 18.6 Å². The third kappa shape index (κ3) is 4.24. The number of carbonyl (C=O) groups is 1. The maximum atomic E-state index is 11.9. The maximum Gasteiger partial charge on any atom is 0.258 e. The molecule has 0 saturated carbocycles. The second-order valence-electron chi connectivity index (χ2n) is 4.75. The number of nitriles is 1. The molecule has 0 spiro atoms. The zero-order valence-electron chi connectivity index (χ0n) is 12.0. The van der Waals surface area contributed by atoms with Crippen molar-refractivity contribution >= 4 is 17.5 Å². The average Bonchev–Trinajstić information content (AvgIpc) is 2.54. The van der Waals surface area contributed by atoms with Gasteiger partial charge in [-0.2, -0.15) is 5.26 Å². The first-order chi connectivity index (χ1) is 10.6. The molecule has 5 heteroatoms. The van der Waals surface area contributed by atoms with Gasteiger partial charge >= 0.3 is 0 Å². The van der Waals surface area contributed by atoms with Gasteiger partial charge in [-0.1, -0.05) is 41.9 Å². The summed E-state index contributed by atoms with van der Waals surface area (Å²) < 4.78 is 5.38. The van der Waals surface area contributed by atoms with Crippen molar-refractivity contribution in [2.45, 2.75) is 13.0 Å². The summed E-state index contributed by atoms with van der Waals surface area (Å²) in [5.41, 5.74) is 1.46. The fourth-order valence-corrected chi connectivity index (χ4v) is 2.17. The Kier molecular flexibility index (Phi) is 5.40. The van der Waals surface area contributed by atoms with Crippen LogP contribution in [-0.2, 0) is 4.79 Å². The van der Waals surface area contributed by atoms with E-state index in [1.165, 1.54) is 6.07 Å². The average molecular weight is 315 g/mol. The molecule has 0 radical (unpaired) electrons. The number of carbonyl (C=O) groups excluding carboxylic acids is 1. The highest BCUT2D eigenvalue weighted by molar-refractivity contribution is 6.32. The van der Waals surface area contributed by atoms with Crippen LogP contribution >= 0.6 is 11.6 Å². The van der Waals surface area contributed by atoms with Gasteiger partial charge < -0.3 is 10.1 Å². The minimum absolute atomic E-state index is 0.103. The van der Waals surface area contributed by atoms with Crippen molar-refractivity contribution in [1.29, 1.82) is 5.26 Å². The van der Waals surface area contributed by atoms with Crippen molar-refractivity contribution in [3.05, 3.63) is 64.7 Å². The van der Waals surface area contributed by atoms with Crippen molar-refractivity contribution < 1.29 is 9.53 Å². The molecule has 0 unspecified atom stereocenters. The fraction of sp³-hybridized carbons (Fsp3) is 0.176. The molecule has 0 aliphatic carbocycles. The highest BCUT2D eigenvalue weighted by atomic mass is 35.5. The van der Waals surface area contributed by atoms with Crippen LogP contribution in [0.5, 0.6) is 5.75 Å². The molecule has 4 nitrogen and oxygen atoms in total. The molecule has 22 heavy (non-hydrogen) atoms. The predicted octanol–water partition coefficient (Wildman–Crippen LogP) is 3.47. The summed E-state index contributed by atoms with van der Waals surface area (Å²) in [7, 11) is 0. The van der Waals surface area contributed by atoms with Crippen LogP contribution in [0.4, 0.5) is 0 Å². The first-order valence-electron chi connectivity index (χ1n) is 6.77. The molecule has 0 fully saturated rings. The lowest BCUT2D eigenvalue weighted by Gasteiger charge is -2.15. The summed E-state index contributed by atoms with van der Waals surface area (Å²) in [5, 5.41) is 11.9. The van der Waals surface area contributed by atoms with Crippen LogP contribution in [0.1, 0.15) is 24.1 Å². The highest BCUT2D eigenvalue weighted by Crippen LogP contribution is 2.25.